The third-order valence-electron chi connectivity index (χ3n) is 4.59. The van der Waals surface area contributed by atoms with Crippen molar-refractivity contribution in [1.82, 2.24) is 0 Å². The first-order valence-corrected chi connectivity index (χ1v) is 8.38. The first-order chi connectivity index (χ1) is 13.6. The molecule has 0 saturated heterocycles. The maximum atomic E-state index is 12.7. The van der Waals surface area contributed by atoms with Gasteiger partial charge in [-0.3, -0.25) is 0 Å². The first kappa shape index (κ1) is 19.5. The summed E-state index contributed by atoms with van der Waals surface area (Å²) in [6.45, 7) is 0. The van der Waals surface area contributed by atoms with Crippen molar-refractivity contribution in [2.45, 2.75) is 6.10 Å². The third-order valence-corrected chi connectivity index (χ3v) is 4.59. The predicted octanol–water partition coefficient (Wildman–Crippen LogP) is 3.00. The SMILES string of the molecule is COc1ccc(C2OC(=O)c3c2cc(OC)c(OC)c3OC)c(OC)c1OC. The van der Waals surface area contributed by atoms with Crippen LogP contribution in [0.2, 0.25) is 0 Å². The van der Waals surface area contributed by atoms with Gasteiger partial charge in [0.05, 0.1) is 42.7 Å². The summed E-state index contributed by atoms with van der Waals surface area (Å²) in [7, 11) is 8.98. The van der Waals surface area contributed by atoms with Crippen molar-refractivity contribution < 1.29 is 38.0 Å². The Hall–Kier alpha value is -3.29. The largest absolute Gasteiger partial charge is 0.493 e. The topological polar surface area (TPSA) is 81.7 Å². The lowest BCUT2D eigenvalue weighted by molar-refractivity contribution is 0.0449. The summed E-state index contributed by atoms with van der Waals surface area (Å²) in [5.74, 6) is 1.76. The Labute approximate surface area is 162 Å². The second-order valence-corrected chi connectivity index (χ2v) is 5.82. The minimum Gasteiger partial charge on any atom is -0.493 e. The van der Waals surface area contributed by atoms with Crippen LogP contribution in [0.4, 0.5) is 0 Å². The molecule has 1 aliphatic rings. The van der Waals surface area contributed by atoms with E-state index in [2.05, 4.69) is 0 Å². The summed E-state index contributed by atoms with van der Waals surface area (Å²) >= 11 is 0. The van der Waals surface area contributed by atoms with Gasteiger partial charge < -0.3 is 33.2 Å². The fraction of sp³-hybridized carbons (Fsp3) is 0.350. The van der Waals surface area contributed by atoms with Crippen molar-refractivity contribution in [2.24, 2.45) is 0 Å². The van der Waals surface area contributed by atoms with Crippen molar-refractivity contribution in [3.8, 4) is 34.5 Å². The Morgan fingerprint density at radius 3 is 1.79 bits per heavy atom. The minimum absolute atomic E-state index is 0.254. The molecule has 1 aliphatic heterocycles. The van der Waals surface area contributed by atoms with Gasteiger partial charge >= 0.3 is 5.97 Å². The number of hydrogen-bond acceptors (Lipinski definition) is 8. The zero-order valence-electron chi connectivity index (χ0n) is 16.6. The summed E-state index contributed by atoms with van der Waals surface area (Å²) < 4.78 is 38.2. The third kappa shape index (κ3) is 2.81. The van der Waals surface area contributed by atoms with Gasteiger partial charge in [-0.15, -0.1) is 0 Å². The Morgan fingerprint density at radius 1 is 0.679 bits per heavy atom. The molecule has 0 bridgehead atoms. The van der Waals surface area contributed by atoms with Gasteiger partial charge in [-0.1, -0.05) is 0 Å². The van der Waals surface area contributed by atoms with Crippen LogP contribution >= 0.6 is 0 Å². The number of methoxy groups -OCH3 is 6. The van der Waals surface area contributed by atoms with E-state index >= 15 is 0 Å². The zero-order valence-corrected chi connectivity index (χ0v) is 16.6. The van der Waals surface area contributed by atoms with E-state index in [1.165, 1.54) is 42.7 Å². The molecule has 2 aromatic carbocycles. The molecule has 0 amide bonds. The fourth-order valence-corrected chi connectivity index (χ4v) is 3.38. The predicted molar refractivity (Wildman–Crippen MR) is 99.5 cm³/mol. The molecular weight excluding hydrogens is 368 g/mol. The number of fused-ring (bicyclic) bond motifs is 1. The van der Waals surface area contributed by atoms with Crippen molar-refractivity contribution in [3.05, 3.63) is 34.9 Å². The van der Waals surface area contributed by atoms with Gasteiger partial charge in [0, 0.05) is 11.1 Å². The molecule has 1 atom stereocenters. The van der Waals surface area contributed by atoms with Crippen LogP contribution in [0.3, 0.4) is 0 Å². The Morgan fingerprint density at radius 2 is 1.25 bits per heavy atom. The van der Waals surface area contributed by atoms with E-state index in [0.717, 1.165) is 0 Å². The lowest BCUT2D eigenvalue weighted by Gasteiger charge is -2.20. The smallest absolute Gasteiger partial charge is 0.343 e. The van der Waals surface area contributed by atoms with E-state index in [1.807, 2.05) is 0 Å². The molecule has 0 spiro atoms. The van der Waals surface area contributed by atoms with Crippen LogP contribution in [0.1, 0.15) is 27.6 Å². The molecule has 150 valence electrons. The number of carbonyl (C=O) groups excluding carboxylic acids is 1. The van der Waals surface area contributed by atoms with Crippen LogP contribution in [0.15, 0.2) is 18.2 Å². The molecule has 0 saturated carbocycles. The van der Waals surface area contributed by atoms with E-state index in [0.29, 0.717) is 39.9 Å². The number of benzene rings is 2. The Kier molecular flexibility index (Phi) is 5.39. The standard InChI is InChI=1S/C20H22O8/c1-22-12-8-7-10(16(24-3)17(12)25-4)15-11-9-13(23-2)18(26-5)19(27-6)14(11)20(21)28-15/h7-9,15H,1-6H3. The molecule has 3 rings (SSSR count). The fourth-order valence-electron chi connectivity index (χ4n) is 3.38. The summed E-state index contributed by atoms with van der Waals surface area (Å²) in [6.07, 6.45) is -0.744. The summed E-state index contributed by atoms with van der Waals surface area (Å²) in [5, 5.41) is 0. The lowest BCUT2D eigenvalue weighted by Crippen LogP contribution is -2.05. The number of esters is 1. The highest BCUT2D eigenvalue weighted by molar-refractivity contribution is 5.99. The molecule has 28 heavy (non-hydrogen) atoms. The maximum Gasteiger partial charge on any atom is 0.343 e. The molecule has 8 nitrogen and oxygen atoms in total. The van der Waals surface area contributed by atoms with E-state index < -0.39 is 12.1 Å². The number of carbonyl (C=O) groups is 1. The first-order valence-electron chi connectivity index (χ1n) is 8.38. The molecule has 0 aliphatic carbocycles. The number of hydrogen-bond donors (Lipinski definition) is 0. The number of ether oxygens (including phenoxy) is 7. The van der Waals surface area contributed by atoms with E-state index in [4.69, 9.17) is 33.2 Å². The summed E-state index contributed by atoms with van der Waals surface area (Å²) in [5.41, 5.74) is 1.45. The normalized spacial score (nSPS) is 14.8. The maximum absolute atomic E-state index is 12.7. The molecule has 0 radical (unpaired) electrons. The van der Waals surface area contributed by atoms with Crippen LogP contribution in [0, 0.1) is 0 Å². The van der Waals surface area contributed by atoms with Gasteiger partial charge in [-0.05, 0) is 18.2 Å². The number of rotatable bonds is 7. The molecule has 0 aromatic heterocycles. The van der Waals surface area contributed by atoms with E-state index in [9.17, 15) is 4.79 Å². The average Bonchev–Trinajstić information content (AvgIpc) is 3.06. The van der Waals surface area contributed by atoms with Crippen LogP contribution < -0.4 is 28.4 Å². The van der Waals surface area contributed by atoms with Gasteiger partial charge in [-0.2, -0.15) is 0 Å². The van der Waals surface area contributed by atoms with Gasteiger partial charge in [-0.25, -0.2) is 4.79 Å². The molecule has 0 fully saturated rings. The zero-order chi connectivity index (χ0) is 20.4. The summed E-state index contributed by atoms with van der Waals surface area (Å²) in [4.78, 5) is 12.7. The van der Waals surface area contributed by atoms with Gasteiger partial charge in [0.15, 0.2) is 29.1 Å². The number of cyclic esters (lactones) is 1. The Bertz CT molecular complexity index is 906. The second kappa shape index (κ2) is 7.75. The van der Waals surface area contributed by atoms with Crippen LogP contribution in [0.25, 0.3) is 0 Å². The van der Waals surface area contributed by atoms with Crippen molar-refractivity contribution >= 4 is 5.97 Å². The van der Waals surface area contributed by atoms with Crippen molar-refractivity contribution in [2.75, 3.05) is 42.7 Å². The molecule has 1 unspecified atom stereocenters. The van der Waals surface area contributed by atoms with Crippen molar-refractivity contribution in [3.63, 3.8) is 0 Å². The van der Waals surface area contributed by atoms with Gasteiger partial charge in [0.25, 0.3) is 0 Å². The minimum atomic E-state index is -0.744. The van der Waals surface area contributed by atoms with Crippen LogP contribution in [-0.2, 0) is 4.74 Å². The van der Waals surface area contributed by atoms with Gasteiger partial charge in [0.1, 0.15) is 5.56 Å². The van der Waals surface area contributed by atoms with Gasteiger partial charge in [0.2, 0.25) is 11.5 Å². The summed E-state index contributed by atoms with van der Waals surface area (Å²) in [6, 6.07) is 5.18. The monoisotopic (exact) mass is 390 g/mol. The molecule has 0 N–H and O–H groups in total. The molecule has 8 heteroatoms. The van der Waals surface area contributed by atoms with Crippen LogP contribution in [-0.4, -0.2) is 48.6 Å². The highest BCUT2D eigenvalue weighted by Gasteiger charge is 2.40. The van der Waals surface area contributed by atoms with Crippen LogP contribution in [0.5, 0.6) is 34.5 Å². The van der Waals surface area contributed by atoms with Crippen molar-refractivity contribution in [1.29, 1.82) is 0 Å². The Balaban J connectivity index is 2.26. The molecule has 2 aromatic rings. The quantitative estimate of drug-likeness (QED) is 0.668. The molecular formula is C20H22O8. The highest BCUT2D eigenvalue weighted by Crippen LogP contribution is 2.52. The lowest BCUT2D eigenvalue weighted by atomic mass is 9.96. The van der Waals surface area contributed by atoms with E-state index in [1.54, 1.807) is 18.2 Å². The molecule has 1 heterocycles. The van der Waals surface area contributed by atoms with E-state index in [-0.39, 0.29) is 11.3 Å². The average molecular weight is 390 g/mol. The second-order valence-electron chi connectivity index (χ2n) is 5.82. The highest BCUT2D eigenvalue weighted by atomic mass is 16.6.